The van der Waals surface area contributed by atoms with Crippen LogP contribution in [-0.4, -0.2) is 46.7 Å². The molecule has 0 saturated heterocycles. The fourth-order valence-electron chi connectivity index (χ4n) is 3.23. The number of carbonyl (C=O) groups excluding carboxylic acids is 1. The van der Waals surface area contributed by atoms with E-state index in [0.29, 0.717) is 12.0 Å². The monoisotopic (exact) mass is 418 g/mol. The number of rotatable bonds is 14. The minimum absolute atomic E-state index is 0.0241. The molecular formula is C25H38O5. The smallest absolute Gasteiger partial charge is 0.331 e. The first-order valence-electron chi connectivity index (χ1n) is 10.7. The molecule has 0 aliphatic carbocycles. The third-order valence-corrected chi connectivity index (χ3v) is 5.35. The Morgan fingerprint density at radius 3 is 2.33 bits per heavy atom. The van der Waals surface area contributed by atoms with Crippen LogP contribution in [0.1, 0.15) is 65.7 Å². The van der Waals surface area contributed by atoms with Crippen molar-refractivity contribution < 1.29 is 24.9 Å². The molecule has 2 atom stereocenters. The van der Waals surface area contributed by atoms with E-state index >= 15 is 0 Å². The van der Waals surface area contributed by atoms with Crippen LogP contribution in [0, 0.1) is 0 Å². The molecule has 1 heterocycles. The number of ether oxygens (including phenoxy) is 1. The summed E-state index contributed by atoms with van der Waals surface area (Å²) in [6, 6.07) is 0. The van der Waals surface area contributed by atoms with Crippen molar-refractivity contribution >= 4 is 5.97 Å². The third-order valence-electron chi connectivity index (χ3n) is 5.35. The molecule has 0 fully saturated rings. The average molecular weight is 419 g/mol. The van der Waals surface area contributed by atoms with Crippen LogP contribution < -0.4 is 0 Å². The number of cyclic esters (lactones) is 1. The molecule has 0 bridgehead atoms. The molecule has 0 aromatic rings. The molecule has 0 aromatic carbocycles. The number of hydrogen-bond donors (Lipinski definition) is 3. The highest BCUT2D eigenvalue weighted by Crippen LogP contribution is 2.20. The Morgan fingerprint density at radius 2 is 1.73 bits per heavy atom. The summed E-state index contributed by atoms with van der Waals surface area (Å²) in [5, 5.41) is 28.6. The van der Waals surface area contributed by atoms with E-state index in [1.807, 2.05) is 13.0 Å². The molecule has 0 amide bonds. The number of aliphatic hydroxyl groups excluding tert-OH is 3. The van der Waals surface area contributed by atoms with Gasteiger partial charge in [0.25, 0.3) is 0 Å². The first-order chi connectivity index (χ1) is 14.3. The maximum atomic E-state index is 11.3. The van der Waals surface area contributed by atoms with Crippen molar-refractivity contribution in [1.82, 2.24) is 0 Å². The predicted molar refractivity (Wildman–Crippen MR) is 121 cm³/mol. The quantitative estimate of drug-likeness (QED) is 0.289. The zero-order chi connectivity index (χ0) is 22.5. The van der Waals surface area contributed by atoms with Crippen LogP contribution in [0.4, 0.5) is 0 Å². The van der Waals surface area contributed by atoms with Gasteiger partial charge in [-0.15, -0.1) is 0 Å². The van der Waals surface area contributed by atoms with E-state index in [9.17, 15) is 20.1 Å². The van der Waals surface area contributed by atoms with Crippen molar-refractivity contribution in [2.24, 2.45) is 0 Å². The SMILES string of the molecule is C=C(C)[C@H](O)CCC(C)=CCCC(C)=CCCC(=CC[C@H]1OC(=O)C=C1CO)CO. The standard InChI is InChI=1S/C25H38O5/c1-18(2)23(28)13-11-20(4)8-5-7-19(3)9-6-10-21(16-26)12-14-24-22(17-27)15-25(29)30-24/h8-9,12,15,23-24,26-28H,1,5-7,10-11,13-14,16-17H2,2-4H3/t23-,24-/m1/s1. The van der Waals surface area contributed by atoms with E-state index < -0.39 is 18.2 Å². The van der Waals surface area contributed by atoms with E-state index in [1.54, 1.807) is 0 Å². The Balaban J connectivity index is 2.36. The summed E-state index contributed by atoms with van der Waals surface area (Å²) in [6.07, 6.45) is 12.5. The van der Waals surface area contributed by atoms with Crippen LogP contribution in [0.3, 0.4) is 0 Å². The third kappa shape index (κ3) is 10.2. The number of hydrogen-bond acceptors (Lipinski definition) is 5. The van der Waals surface area contributed by atoms with Gasteiger partial charge in [-0.2, -0.15) is 0 Å². The Bertz CT molecular complexity index is 696. The van der Waals surface area contributed by atoms with Gasteiger partial charge in [0.05, 0.1) is 19.3 Å². The summed E-state index contributed by atoms with van der Waals surface area (Å²) < 4.78 is 5.15. The van der Waals surface area contributed by atoms with Crippen LogP contribution in [-0.2, 0) is 9.53 Å². The lowest BCUT2D eigenvalue weighted by atomic mass is 10.0. The maximum Gasteiger partial charge on any atom is 0.331 e. The Kier molecular flexibility index (Phi) is 12.3. The molecule has 30 heavy (non-hydrogen) atoms. The van der Waals surface area contributed by atoms with E-state index in [2.05, 4.69) is 32.6 Å². The number of esters is 1. The van der Waals surface area contributed by atoms with E-state index in [1.165, 1.54) is 17.2 Å². The van der Waals surface area contributed by atoms with Crippen LogP contribution in [0.5, 0.6) is 0 Å². The molecule has 0 radical (unpaired) electrons. The molecule has 1 rings (SSSR count). The lowest BCUT2D eigenvalue weighted by Gasteiger charge is -2.11. The highest BCUT2D eigenvalue weighted by atomic mass is 16.5. The molecular weight excluding hydrogens is 380 g/mol. The summed E-state index contributed by atoms with van der Waals surface area (Å²) in [5.74, 6) is -0.419. The lowest BCUT2D eigenvalue weighted by Crippen LogP contribution is -2.13. The fraction of sp³-hybridized carbons (Fsp3) is 0.560. The van der Waals surface area contributed by atoms with Gasteiger partial charge < -0.3 is 20.1 Å². The fourth-order valence-corrected chi connectivity index (χ4v) is 3.23. The first-order valence-corrected chi connectivity index (χ1v) is 10.7. The summed E-state index contributed by atoms with van der Waals surface area (Å²) in [7, 11) is 0. The van der Waals surface area contributed by atoms with Gasteiger partial charge in [0.1, 0.15) is 6.10 Å². The van der Waals surface area contributed by atoms with Crippen LogP contribution in [0.15, 0.2) is 58.7 Å². The second kappa shape index (κ2) is 14.1. The van der Waals surface area contributed by atoms with Crippen molar-refractivity contribution in [3.05, 3.63) is 58.7 Å². The van der Waals surface area contributed by atoms with Gasteiger partial charge in [0, 0.05) is 18.1 Å². The molecule has 0 spiro atoms. The lowest BCUT2D eigenvalue weighted by molar-refractivity contribution is -0.138. The Labute approximate surface area is 181 Å². The number of allylic oxidation sites excluding steroid dienone is 4. The molecule has 5 nitrogen and oxygen atoms in total. The highest BCUT2D eigenvalue weighted by molar-refractivity contribution is 5.85. The molecule has 1 aliphatic rings. The van der Waals surface area contributed by atoms with E-state index in [4.69, 9.17) is 4.74 Å². The summed E-state index contributed by atoms with van der Waals surface area (Å²) in [5.41, 5.74) is 4.91. The second-order valence-corrected chi connectivity index (χ2v) is 8.14. The average Bonchev–Trinajstić information content (AvgIpc) is 3.08. The van der Waals surface area contributed by atoms with Gasteiger partial charge in [-0.1, -0.05) is 41.5 Å². The maximum absolute atomic E-state index is 11.3. The minimum Gasteiger partial charge on any atom is -0.454 e. The van der Waals surface area contributed by atoms with Crippen molar-refractivity contribution in [3.8, 4) is 0 Å². The zero-order valence-corrected chi connectivity index (χ0v) is 18.7. The van der Waals surface area contributed by atoms with Crippen LogP contribution in [0.2, 0.25) is 0 Å². The number of carbonyl (C=O) groups is 1. The van der Waals surface area contributed by atoms with Crippen LogP contribution >= 0.6 is 0 Å². The number of aliphatic hydroxyl groups is 3. The summed E-state index contributed by atoms with van der Waals surface area (Å²) >= 11 is 0. The summed E-state index contributed by atoms with van der Waals surface area (Å²) in [6.45, 7) is 9.63. The molecule has 0 aromatic heterocycles. The van der Waals surface area contributed by atoms with Gasteiger partial charge in [0.15, 0.2) is 0 Å². The van der Waals surface area contributed by atoms with Crippen molar-refractivity contribution in [2.45, 2.75) is 77.9 Å². The predicted octanol–water partition coefficient (Wildman–Crippen LogP) is 4.31. The highest BCUT2D eigenvalue weighted by Gasteiger charge is 2.24. The normalized spacial score (nSPS) is 19.0. The van der Waals surface area contributed by atoms with Crippen molar-refractivity contribution in [1.29, 1.82) is 0 Å². The van der Waals surface area contributed by atoms with E-state index in [-0.39, 0.29) is 13.2 Å². The minimum atomic E-state index is -0.423. The molecule has 5 heteroatoms. The van der Waals surface area contributed by atoms with Gasteiger partial charge in [-0.3, -0.25) is 0 Å². The Hall–Kier alpha value is -1.95. The first kappa shape index (κ1) is 26.1. The molecule has 1 aliphatic heterocycles. The van der Waals surface area contributed by atoms with Crippen LogP contribution in [0.25, 0.3) is 0 Å². The topological polar surface area (TPSA) is 87.0 Å². The molecule has 0 saturated carbocycles. The van der Waals surface area contributed by atoms with Gasteiger partial charge in [-0.05, 0) is 64.9 Å². The Morgan fingerprint density at radius 1 is 1.10 bits per heavy atom. The van der Waals surface area contributed by atoms with Gasteiger partial charge in [0.2, 0.25) is 0 Å². The molecule has 3 N–H and O–H groups in total. The molecule has 0 unspecified atom stereocenters. The second-order valence-electron chi connectivity index (χ2n) is 8.14. The van der Waals surface area contributed by atoms with E-state index in [0.717, 1.165) is 49.7 Å². The largest absolute Gasteiger partial charge is 0.454 e. The summed E-state index contributed by atoms with van der Waals surface area (Å²) in [4.78, 5) is 11.3. The van der Waals surface area contributed by atoms with Gasteiger partial charge in [-0.25, -0.2) is 4.79 Å². The van der Waals surface area contributed by atoms with Crippen molar-refractivity contribution in [3.63, 3.8) is 0 Å². The molecule has 168 valence electrons. The zero-order valence-electron chi connectivity index (χ0n) is 18.7. The van der Waals surface area contributed by atoms with Crippen molar-refractivity contribution in [2.75, 3.05) is 13.2 Å². The van der Waals surface area contributed by atoms with Gasteiger partial charge >= 0.3 is 5.97 Å².